The molecule has 0 aliphatic rings. The zero-order valence-corrected chi connectivity index (χ0v) is 11.1. The normalized spacial score (nSPS) is 10.4. The molecule has 2 heteroatoms. The van der Waals surface area contributed by atoms with Crippen LogP contribution in [0.3, 0.4) is 0 Å². The minimum Gasteiger partial charge on any atom is -0.253 e. The van der Waals surface area contributed by atoms with Crippen molar-refractivity contribution in [2.75, 3.05) is 0 Å². The lowest BCUT2D eigenvalue weighted by Crippen LogP contribution is -1.92. The first-order valence-corrected chi connectivity index (χ1v) is 6.42. The Morgan fingerprint density at radius 1 is 1.00 bits per heavy atom. The van der Waals surface area contributed by atoms with Crippen molar-refractivity contribution < 1.29 is 0 Å². The molecule has 1 nitrogen and oxygen atoms in total. The molecule has 0 aliphatic carbocycles. The van der Waals surface area contributed by atoms with Gasteiger partial charge in [0.15, 0.2) is 0 Å². The van der Waals surface area contributed by atoms with Gasteiger partial charge in [-0.2, -0.15) is 0 Å². The Labute approximate surface area is 105 Å². The molecule has 0 fully saturated rings. The number of aryl methyl sites for hydroxylation is 2. The van der Waals surface area contributed by atoms with Crippen LogP contribution in [0.2, 0.25) is 0 Å². The molecule has 0 spiro atoms. The van der Waals surface area contributed by atoms with E-state index in [0.717, 1.165) is 16.7 Å². The molecule has 1 aromatic carbocycles. The lowest BCUT2D eigenvalue weighted by atomic mass is 10.1. The monoisotopic (exact) mass is 275 g/mol. The first-order chi connectivity index (χ1) is 7.70. The van der Waals surface area contributed by atoms with Gasteiger partial charge in [-0.3, -0.25) is 4.98 Å². The third-order valence-electron chi connectivity index (χ3n) is 2.69. The molecule has 1 heterocycles. The number of halogens is 1. The van der Waals surface area contributed by atoms with E-state index in [1.54, 1.807) is 0 Å². The number of hydrogen-bond acceptors (Lipinski definition) is 1. The molecule has 0 saturated carbocycles. The van der Waals surface area contributed by atoms with Gasteiger partial charge >= 0.3 is 0 Å². The number of pyridine rings is 1. The number of nitrogens with zero attached hydrogens (tertiary/aromatic N) is 1. The molecule has 0 unspecified atom stereocenters. The second kappa shape index (κ2) is 4.79. The van der Waals surface area contributed by atoms with Crippen molar-refractivity contribution in [3.63, 3.8) is 0 Å². The minimum absolute atomic E-state index is 0.861. The SMILES string of the molecule is Cc1ccc(-c2ccc(CBr)c(C)n2)cc1. The number of alkyl halides is 1. The molecule has 2 rings (SSSR count). The fraction of sp³-hybridized carbons (Fsp3) is 0.214. The Bertz CT molecular complexity index is 489. The third kappa shape index (κ3) is 2.33. The van der Waals surface area contributed by atoms with E-state index in [2.05, 4.69) is 64.2 Å². The zero-order valence-electron chi connectivity index (χ0n) is 9.50. The molecule has 0 saturated heterocycles. The van der Waals surface area contributed by atoms with Crippen molar-refractivity contribution in [2.45, 2.75) is 19.2 Å². The van der Waals surface area contributed by atoms with E-state index in [0.29, 0.717) is 0 Å². The highest BCUT2D eigenvalue weighted by Crippen LogP contribution is 2.20. The van der Waals surface area contributed by atoms with Crippen molar-refractivity contribution >= 4 is 15.9 Å². The fourth-order valence-electron chi connectivity index (χ4n) is 1.62. The quantitative estimate of drug-likeness (QED) is 0.747. The van der Waals surface area contributed by atoms with E-state index in [1.807, 2.05) is 6.92 Å². The summed E-state index contributed by atoms with van der Waals surface area (Å²) in [5, 5.41) is 0.861. The van der Waals surface area contributed by atoms with Crippen LogP contribution in [-0.2, 0) is 5.33 Å². The Balaban J connectivity index is 2.41. The summed E-state index contributed by atoms with van der Waals surface area (Å²) in [7, 11) is 0. The highest BCUT2D eigenvalue weighted by molar-refractivity contribution is 9.08. The van der Waals surface area contributed by atoms with Crippen LogP contribution in [-0.4, -0.2) is 4.98 Å². The summed E-state index contributed by atoms with van der Waals surface area (Å²) >= 11 is 3.46. The molecule has 0 N–H and O–H groups in total. The number of hydrogen-bond donors (Lipinski definition) is 0. The van der Waals surface area contributed by atoms with Crippen LogP contribution in [0.5, 0.6) is 0 Å². The molecule has 1 aromatic heterocycles. The van der Waals surface area contributed by atoms with Crippen molar-refractivity contribution in [3.8, 4) is 11.3 Å². The van der Waals surface area contributed by atoms with Gasteiger partial charge in [-0.1, -0.05) is 51.8 Å². The molecule has 16 heavy (non-hydrogen) atoms. The van der Waals surface area contributed by atoms with Gasteiger partial charge in [0, 0.05) is 16.6 Å². The van der Waals surface area contributed by atoms with Crippen LogP contribution in [0.25, 0.3) is 11.3 Å². The zero-order chi connectivity index (χ0) is 11.5. The van der Waals surface area contributed by atoms with Crippen molar-refractivity contribution in [1.82, 2.24) is 4.98 Å². The van der Waals surface area contributed by atoms with Gasteiger partial charge in [0.1, 0.15) is 0 Å². The van der Waals surface area contributed by atoms with Gasteiger partial charge in [-0.25, -0.2) is 0 Å². The van der Waals surface area contributed by atoms with Crippen molar-refractivity contribution in [2.24, 2.45) is 0 Å². The van der Waals surface area contributed by atoms with E-state index in [-0.39, 0.29) is 0 Å². The Hall–Kier alpha value is -1.15. The largest absolute Gasteiger partial charge is 0.253 e. The molecule has 82 valence electrons. The van der Waals surface area contributed by atoms with Crippen LogP contribution >= 0.6 is 15.9 Å². The van der Waals surface area contributed by atoms with E-state index >= 15 is 0 Å². The average Bonchev–Trinajstić information content (AvgIpc) is 2.30. The highest BCUT2D eigenvalue weighted by Gasteiger charge is 2.02. The maximum Gasteiger partial charge on any atom is 0.0705 e. The fourth-order valence-corrected chi connectivity index (χ4v) is 2.21. The second-order valence-electron chi connectivity index (χ2n) is 3.94. The van der Waals surface area contributed by atoms with E-state index in [4.69, 9.17) is 0 Å². The maximum atomic E-state index is 4.61. The van der Waals surface area contributed by atoms with Crippen LogP contribution in [0, 0.1) is 13.8 Å². The molecule has 0 aliphatic heterocycles. The summed E-state index contributed by atoms with van der Waals surface area (Å²) in [6.45, 7) is 4.14. The standard InChI is InChI=1S/C14H14BrN/c1-10-3-5-12(6-4-10)14-8-7-13(9-15)11(2)16-14/h3-8H,9H2,1-2H3. The summed E-state index contributed by atoms with van der Waals surface area (Å²) < 4.78 is 0. The highest BCUT2D eigenvalue weighted by atomic mass is 79.9. The smallest absolute Gasteiger partial charge is 0.0705 e. The number of rotatable bonds is 2. The van der Waals surface area contributed by atoms with E-state index < -0.39 is 0 Å². The molecule has 2 aromatic rings. The Morgan fingerprint density at radius 3 is 2.25 bits per heavy atom. The number of aromatic nitrogens is 1. The van der Waals surface area contributed by atoms with Gasteiger partial charge in [0.05, 0.1) is 5.69 Å². The summed E-state index contributed by atoms with van der Waals surface area (Å²) in [5.74, 6) is 0. The molecular weight excluding hydrogens is 262 g/mol. The van der Waals surface area contributed by atoms with Gasteiger partial charge in [0.25, 0.3) is 0 Å². The summed E-state index contributed by atoms with van der Waals surface area (Å²) in [4.78, 5) is 4.61. The van der Waals surface area contributed by atoms with Gasteiger partial charge < -0.3 is 0 Å². The van der Waals surface area contributed by atoms with Crippen LogP contribution < -0.4 is 0 Å². The molecule has 0 bridgehead atoms. The predicted octanol–water partition coefficient (Wildman–Crippen LogP) is 4.26. The minimum atomic E-state index is 0.861. The van der Waals surface area contributed by atoms with E-state index in [1.165, 1.54) is 16.7 Å². The van der Waals surface area contributed by atoms with Crippen LogP contribution in [0.1, 0.15) is 16.8 Å². The third-order valence-corrected chi connectivity index (χ3v) is 3.29. The Kier molecular flexibility index (Phi) is 3.39. The van der Waals surface area contributed by atoms with Crippen LogP contribution in [0.4, 0.5) is 0 Å². The lowest BCUT2D eigenvalue weighted by Gasteiger charge is -2.06. The second-order valence-corrected chi connectivity index (χ2v) is 4.50. The predicted molar refractivity (Wildman–Crippen MR) is 71.8 cm³/mol. The molecule has 0 radical (unpaired) electrons. The molecular formula is C14H14BrN. The number of benzene rings is 1. The van der Waals surface area contributed by atoms with Crippen LogP contribution in [0.15, 0.2) is 36.4 Å². The van der Waals surface area contributed by atoms with Gasteiger partial charge in [-0.15, -0.1) is 0 Å². The summed E-state index contributed by atoms with van der Waals surface area (Å²) in [5.41, 5.74) is 5.83. The van der Waals surface area contributed by atoms with Gasteiger partial charge in [-0.05, 0) is 25.5 Å². The van der Waals surface area contributed by atoms with E-state index in [9.17, 15) is 0 Å². The molecule has 0 atom stereocenters. The topological polar surface area (TPSA) is 12.9 Å². The first-order valence-electron chi connectivity index (χ1n) is 5.30. The van der Waals surface area contributed by atoms with Gasteiger partial charge in [0.2, 0.25) is 0 Å². The summed E-state index contributed by atoms with van der Waals surface area (Å²) in [6, 6.07) is 12.7. The lowest BCUT2D eigenvalue weighted by molar-refractivity contribution is 1.15. The summed E-state index contributed by atoms with van der Waals surface area (Å²) in [6.07, 6.45) is 0. The Morgan fingerprint density at radius 2 is 1.69 bits per heavy atom. The van der Waals surface area contributed by atoms with Crippen molar-refractivity contribution in [3.05, 3.63) is 53.2 Å². The molecule has 0 amide bonds. The van der Waals surface area contributed by atoms with Crippen molar-refractivity contribution in [1.29, 1.82) is 0 Å². The average molecular weight is 276 g/mol. The first kappa shape index (κ1) is 11.3. The maximum absolute atomic E-state index is 4.61.